The molecular formula is C39H51N19O3. The number of nitrogens with zero attached hydrogens (tertiary/aromatic N) is 5. The van der Waals surface area contributed by atoms with E-state index < -0.39 is 11.8 Å². The smallest absolute Gasteiger partial charge is 0.255 e. The van der Waals surface area contributed by atoms with Crippen molar-refractivity contribution in [2.24, 2.45) is 48.8 Å². The topological polar surface area (TPSA) is 368 Å². The lowest BCUT2D eigenvalue weighted by molar-refractivity contribution is -0.000194. The number of guanidine groups is 4. The fourth-order valence-electron chi connectivity index (χ4n) is 6.60. The molecule has 2 saturated heterocycles. The number of nitrogens with two attached hydrogens (primary N) is 4. The highest BCUT2D eigenvalue weighted by Gasteiger charge is 2.44. The second-order valence-corrected chi connectivity index (χ2v) is 14.6. The Morgan fingerprint density at radius 3 is 1.16 bits per heavy atom. The molecule has 2 aliphatic rings. The summed E-state index contributed by atoms with van der Waals surface area (Å²) in [4.78, 5) is 30.6. The number of rotatable bonds is 13. The summed E-state index contributed by atoms with van der Waals surface area (Å²) in [5.41, 5.74) is 37.4. The molecule has 2 aliphatic heterocycles. The Bertz CT molecular complexity index is 2130. The second-order valence-electron chi connectivity index (χ2n) is 14.6. The van der Waals surface area contributed by atoms with E-state index in [1.54, 1.807) is 76.2 Å². The van der Waals surface area contributed by atoms with Crippen LogP contribution in [-0.2, 0) is 4.74 Å². The molecule has 0 aliphatic carbocycles. The lowest BCUT2D eigenvalue weighted by atomic mass is 9.73. The molecule has 2 heterocycles. The van der Waals surface area contributed by atoms with Crippen molar-refractivity contribution < 1.29 is 14.3 Å². The average Bonchev–Trinajstić information content (AvgIpc) is 3.21. The van der Waals surface area contributed by atoms with Gasteiger partial charge in [-0.1, -0.05) is 0 Å². The minimum Gasteiger partial charge on any atom is -0.381 e. The normalized spacial score (nSPS) is 15.2. The van der Waals surface area contributed by atoms with Crippen molar-refractivity contribution in [3.05, 3.63) is 88.0 Å². The third-order valence-electron chi connectivity index (χ3n) is 9.84. The number of hydrogen-bond donors (Lipinski definition) is 14. The van der Waals surface area contributed by atoms with E-state index in [-0.39, 0.29) is 40.4 Å². The first-order chi connectivity index (χ1) is 28.9. The van der Waals surface area contributed by atoms with Gasteiger partial charge < -0.3 is 43.2 Å². The summed E-state index contributed by atoms with van der Waals surface area (Å²) in [5, 5.41) is 52.5. The van der Waals surface area contributed by atoms with Crippen molar-refractivity contribution in [3.63, 3.8) is 0 Å². The van der Waals surface area contributed by atoms with Gasteiger partial charge >= 0.3 is 0 Å². The van der Waals surface area contributed by atoms with Crippen molar-refractivity contribution in [3.8, 4) is 0 Å². The van der Waals surface area contributed by atoms with Crippen LogP contribution in [0.1, 0.15) is 83.5 Å². The number of benzene rings is 3. The Kier molecular flexibility index (Phi) is 14.0. The number of nitrogens with one attached hydrogen (secondary N) is 10. The van der Waals surface area contributed by atoms with Crippen LogP contribution < -0.4 is 60.2 Å². The van der Waals surface area contributed by atoms with Crippen molar-refractivity contribution in [2.75, 3.05) is 41.8 Å². The van der Waals surface area contributed by atoms with Gasteiger partial charge in [-0.25, -0.2) is 21.7 Å². The highest BCUT2D eigenvalue weighted by Crippen LogP contribution is 2.42. The zero-order valence-corrected chi connectivity index (χ0v) is 34.2. The van der Waals surface area contributed by atoms with Gasteiger partial charge in [-0.15, -0.1) is 0 Å². The van der Waals surface area contributed by atoms with E-state index in [1.165, 1.54) is 6.07 Å². The van der Waals surface area contributed by atoms with E-state index in [9.17, 15) is 9.59 Å². The van der Waals surface area contributed by atoms with Crippen LogP contribution in [0.2, 0.25) is 0 Å². The summed E-state index contributed by atoms with van der Waals surface area (Å²) >= 11 is 0. The average molecular weight is 834 g/mol. The molecule has 2 fully saturated rings. The SMILES string of the molecule is C/C(=N/NC(=N)N)c1cc(NC(=O)c2cc(C(=O)Nc3cc(/C(C)=N\NC(=N)N)cc(/C(C)=N/NC(=N)N)c3)cc(N3CC4(CCOCC4)C3)c2)cc(/C(C)=N\NC(=N)N)c1. The van der Waals surface area contributed by atoms with Gasteiger partial charge in [0.05, 0.1) is 22.8 Å². The molecule has 18 N–H and O–H groups in total. The highest BCUT2D eigenvalue weighted by atomic mass is 16.5. The number of carbonyl (C=O) groups excluding carboxylic acids is 2. The van der Waals surface area contributed by atoms with Gasteiger partial charge in [0.25, 0.3) is 11.8 Å². The number of carbonyl (C=O) groups is 2. The third kappa shape index (κ3) is 12.1. The van der Waals surface area contributed by atoms with E-state index in [4.69, 9.17) is 49.3 Å². The highest BCUT2D eigenvalue weighted by molar-refractivity contribution is 6.12. The molecule has 0 aromatic heterocycles. The Balaban J connectivity index is 1.53. The Labute approximate surface area is 351 Å². The van der Waals surface area contributed by atoms with Gasteiger partial charge in [-0.2, -0.15) is 20.4 Å². The molecule has 1 spiro atoms. The van der Waals surface area contributed by atoms with E-state index in [2.05, 4.69) is 57.6 Å². The molecule has 61 heavy (non-hydrogen) atoms. The molecular weight excluding hydrogens is 783 g/mol. The largest absolute Gasteiger partial charge is 0.381 e. The van der Waals surface area contributed by atoms with Crippen molar-refractivity contribution in [1.82, 2.24) is 21.7 Å². The maximum absolute atomic E-state index is 14.2. The zero-order valence-electron chi connectivity index (χ0n) is 34.2. The predicted molar refractivity (Wildman–Crippen MR) is 239 cm³/mol. The summed E-state index contributed by atoms with van der Waals surface area (Å²) in [6.45, 7) is 9.61. The van der Waals surface area contributed by atoms with E-state index in [0.717, 1.165) is 25.9 Å². The quantitative estimate of drug-likeness (QED) is 0.0664. The maximum atomic E-state index is 14.2. The number of anilines is 3. The zero-order chi connectivity index (χ0) is 44.4. The standard InChI is InChI=1S/C39H51N19O3/c1-20(50-54-35(40)41)24-9-25(21(2)51-55-36(42)43)13-30(12-24)48-33(59)28-11-29(17-32(16-28)58-18-39(19-58)5-7-61-8-6-39)34(60)49-31-14-26(22(3)52-56-37(44)45)10-27(15-31)23(4)53-57-38(46)47/h9-17H,5-8,18-19H2,1-4H3,(H,48,59)(H,49,60)(H4,40,41,54)(H4,42,43,55)(H4,44,45,56)(H4,46,47,57)/b50-20-,51-21-,52-22-,53-23+. The molecule has 0 saturated carbocycles. The van der Waals surface area contributed by atoms with E-state index in [0.29, 0.717) is 75.4 Å². The molecule has 22 heteroatoms. The minimum absolute atomic E-state index is 0.0905. The lowest BCUT2D eigenvalue weighted by Gasteiger charge is -2.53. The van der Waals surface area contributed by atoms with Crippen molar-refractivity contribution >= 4 is 75.6 Å². The molecule has 5 rings (SSSR count). The first-order valence-electron chi connectivity index (χ1n) is 18.9. The van der Waals surface area contributed by atoms with Crippen LogP contribution in [0.3, 0.4) is 0 Å². The van der Waals surface area contributed by atoms with Crippen LogP contribution >= 0.6 is 0 Å². The molecule has 0 atom stereocenters. The molecule has 2 amide bonds. The fourth-order valence-corrected chi connectivity index (χ4v) is 6.60. The number of hydrazone groups is 4. The van der Waals surface area contributed by atoms with Crippen LogP contribution in [0.5, 0.6) is 0 Å². The second kappa shape index (κ2) is 19.2. The maximum Gasteiger partial charge on any atom is 0.255 e. The van der Waals surface area contributed by atoms with Crippen LogP contribution in [0.15, 0.2) is 75.0 Å². The first-order valence-corrected chi connectivity index (χ1v) is 18.9. The molecule has 0 bridgehead atoms. The Morgan fingerprint density at radius 1 is 0.541 bits per heavy atom. The molecule has 0 unspecified atom stereocenters. The van der Waals surface area contributed by atoms with Gasteiger partial charge in [0, 0.05) is 82.2 Å². The summed E-state index contributed by atoms with van der Waals surface area (Å²) < 4.78 is 5.62. The van der Waals surface area contributed by atoms with Crippen LogP contribution in [0.25, 0.3) is 0 Å². The lowest BCUT2D eigenvalue weighted by Crippen LogP contribution is -2.58. The van der Waals surface area contributed by atoms with Crippen LogP contribution in [-0.4, -0.2) is 84.8 Å². The van der Waals surface area contributed by atoms with Crippen LogP contribution in [0.4, 0.5) is 17.1 Å². The number of ether oxygens (including phenoxy) is 1. The fraction of sp³-hybridized carbons (Fsp3) is 0.282. The van der Waals surface area contributed by atoms with Gasteiger partial charge in [0.2, 0.25) is 23.8 Å². The van der Waals surface area contributed by atoms with Crippen molar-refractivity contribution in [1.29, 1.82) is 21.6 Å². The van der Waals surface area contributed by atoms with Crippen molar-refractivity contribution in [2.45, 2.75) is 40.5 Å². The van der Waals surface area contributed by atoms with Gasteiger partial charge in [-0.3, -0.25) is 31.2 Å². The molecule has 320 valence electrons. The molecule has 3 aromatic carbocycles. The summed E-state index contributed by atoms with van der Waals surface area (Å²) in [5.74, 6) is -2.45. The van der Waals surface area contributed by atoms with Crippen LogP contribution in [0, 0.1) is 27.1 Å². The third-order valence-corrected chi connectivity index (χ3v) is 9.84. The minimum atomic E-state index is -0.507. The summed E-state index contributed by atoms with van der Waals surface area (Å²) in [7, 11) is 0. The molecule has 22 nitrogen and oxygen atoms in total. The summed E-state index contributed by atoms with van der Waals surface area (Å²) in [6.07, 6.45) is 1.83. The number of amides is 2. The van der Waals surface area contributed by atoms with Gasteiger partial charge in [0.1, 0.15) is 0 Å². The Hall–Kier alpha value is -7.88. The van der Waals surface area contributed by atoms with Gasteiger partial charge in [-0.05, 0) is 95.1 Å². The van der Waals surface area contributed by atoms with E-state index >= 15 is 0 Å². The summed E-state index contributed by atoms with van der Waals surface area (Å²) in [6, 6.07) is 15.3. The predicted octanol–water partition coefficient (Wildman–Crippen LogP) is 1.64. The molecule has 0 radical (unpaired) electrons. The number of hydrogen-bond acceptors (Lipinski definition) is 12. The van der Waals surface area contributed by atoms with E-state index in [1.807, 2.05) is 0 Å². The monoisotopic (exact) mass is 833 g/mol. The first kappa shape index (κ1) is 44.2. The Morgan fingerprint density at radius 2 is 0.852 bits per heavy atom. The molecule has 3 aromatic rings. The van der Waals surface area contributed by atoms with Gasteiger partial charge in [0.15, 0.2) is 0 Å².